The van der Waals surface area contributed by atoms with Gasteiger partial charge in [0.2, 0.25) is 5.79 Å². The molecule has 0 atom stereocenters. The highest BCUT2D eigenvalue weighted by atomic mass is 35.5. The smallest absolute Gasteiger partial charge is 0.307 e. The molecule has 0 heterocycles. The average Bonchev–Trinajstić information content (AvgIpc) is 2.87. The summed E-state index contributed by atoms with van der Waals surface area (Å²) in [7, 11) is 0. The van der Waals surface area contributed by atoms with Crippen molar-refractivity contribution in [2.24, 2.45) is 0 Å². The number of aliphatic hydroxyl groups is 4. The summed E-state index contributed by atoms with van der Waals surface area (Å²) in [6.45, 7) is 1.60. The summed E-state index contributed by atoms with van der Waals surface area (Å²) in [4.78, 5) is 25.3. The van der Waals surface area contributed by atoms with Gasteiger partial charge in [-0.05, 0) is 29.2 Å². The van der Waals surface area contributed by atoms with Crippen LogP contribution in [0, 0.1) is 0 Å². The number of hydrogen-bond acceptors (Lipinski definition) is 7. The molecule has 0 saturated heterocycles. The maximum absolute atomic E-state index is 12.8. The largest absolute Gasteiger partial charge is 0.453 e. The maximum atomic E-state index is 12.8. The zero-order valence-electron chi connectivity index (χ0n) is 20.4. The fraction of sp³-hybridized carbons (Fsp3) is 0.286. The third kappa shape index (κ3) is 7.61. The van der Waals surface area contributed by atoms with Crippen molar-refractivity contribution in [2.75, 3.05) is 5.32 Å². The van der Waals surface area contributed by atoms with Crippen molar-refractivity contribution in [1.29, 1.82) is 0 Å². The van der Waals surface area contributed by atoms with E-state index in [9.17, 15) is 30.0 Å². The second-order valence-electron chi connectivity index (χ2n) is 8.54. The van der Waals surface area contributed by atoms with E-state index in [2.05, 4.69) is 5.32 Å². The Morgan fingerprint density at radius 1 is 0.838 bits per heavy atom. The number of carbonyl (C=O) groups excluding carboxylic acids is 2. The first-order chi connectivity index (χ1) is 17.2. The monoisotopic (exact) mass is 529 g/mol. The van der Waals surface area contributed by atoms with E-state index < -0.39 is 36.0 Å². The highest BCUT2D eigenvalue weighted by Gasteiger charge is 2.53. The van der Waals surface area contributed by atoms with Crippen LogP contribution in [0.3, 0.4) is 0 Å². The number of nitrogens with one attached hydrogen (secondary N) is 1. The highest BCUT2D eigenvalue weighted by Crippen LogP contribution is 2.28. The molecule has 0 unspecified atom stereocenters. The zero-order chi connectivity index (χ0) is 26.2. The molecular formula is C28H32ClNO7. The van der Waals surface area contributed by atoms with E-state index in [0.717, 1.165) is 11.1 Å². The van der Waals surface area contributed by atoms with Crippen molar-refractivity contribution in [3.63, 3.8) is 0 Å². The Morgan fingerprint density at radius 3 is 1.89 bits per heavy atom. The molecule has 1 amide bonds. The first kappa shape index (κ1) is 30.0. The molecule has 0 aliphatic carbocycles. The minimum atomic E-state index is -3.44. The Hall–Kier alpha value is -3.27. The first-order valence-electron chi connectivity index (χ1n) is 11.7. The van der Waals surface area contributed by atoms with Crippen LogP contribution in [-0.2, 0) is 20.7 Å². The quantitative estimate of drug-likeness (QED) is 0.189. The van der Waals surface area contributed by atoms with Crippen LogP contribution in [0.1, 0.15) is 49.0 Å². The molecule has 5 N–H and O–H groups in total. The SMILES string of the molecule is CCCC(O)(O)C(O)(O)C(=O)Nc1ccccc1CCC(=O)OC(c1ccccc1)c1ccccc1.Cl. The second kappa shape index (κ2) is 13.3. The normalized spacial score (nSPS) is 11.5. The van der Waals surface area contributed by atoms with Gasteiger partial charge < -0.3 is 30.5 Å². The lowest BCUT2D eigenvalue weighted by molar-refractivity contribution is -0.337. The predicted octanol–water partition coefficient (Wildman–Crippen LogP) is 3.47. The van der Waals surface area contributed by atoms with Crippen LogP contribution in [-0.4, -0.2) is 43.9 Å². The van der Waals surface area contributed by atoms with Crippen LogP contribution in [0.15, 0.2) is 84.9 Å². The minimum absolute atomic E-state index is 0. The summed E-state index contributed by atoms with van der Waals surface area (Å²) in [5.41, 5.74) is 2.40. The topological polar surface area (TPSA) is 136 Å². The Labute approximate surface area is 222 Å². The van der Waals surface area contributed by atoms with Gasteiger partial charge >= 0.3 is 11.8 Å². The Kier molecular flexibility index (Phi) is 10.8. The van der Waals surface area contributed by atoms with E-state index in [1.807, 2.05) is 60.7 Å². The number of ether oxygens (including phenoxy) is 1. The molecule has 9 heteroatoms. The maximum Gasteiger partial charge on any atom is 0.307 e. The van der Waals surface area contributed by atoms with Gasteiger partial charge in [0, 0.05) is 18.5 Å². The lowest BCUT2D eigenvalue weighted by Gasteiger charge is -2.33. The molecule has 0 radical (unpaired) electrons. The number of carbonyl (C=O) groups is 2. The molecule has 37 heavy (non-hydrogen) atoms. The molecule has 0 fully saturated rings. The molecule has 0 spiro atoms. The Balaban J connectivity index is 0.00000481. The number of benzene rings is 3. The average molecular weight is 530 g/mol. The third-order valence-electron chi connectivity index (χ3n) is 5.79. The highest BCUT2D eigenvalue weighted by molar-refractivity contribution is 5.97. The number of halogens is 1. The Morgan fingerprint density at radius 2 is 1.35 bits per heavy atom. The van der Waals surface area contributed by atoms with E-state index in [0.29, 0.717) is 5.56 Å². The molecule has 0 bridgehead atoms. The van der Waals surface area contributed by atoms with Crippen molar-refractivity contribution in [1.82, 2.24) is 0 Å². The molecule has 3 aromatic carbocycles. The minimum Gasteiger partial charge on any atom is -0.453 e. The Bertz CT molecular complexity index is 1110. The number of amides is 1. The number of rotatable bonds is 11. The van der Waals surface area contributed by atoms with Crippen molar-refractivity contribution in [3.8, 4) is 0 Å². The first-order valence-corrected chi connectivity index (χ1v) is 11.7. The van der Waals surface area contributed by atoms with Crippen molar-refractivity contribution >= 4 is 30.0 Å². The number of aryl methyl sites for hydroxylation is 1. The summed E-state index contributed by atoms with van der Waals surface area (Å²) in [5, 5.41) is 42.4. The van der Waals surface area contributed by atoms with Gasteiger partial charge in [0.05, 0.1) is 0 Å². The predicted molar refractivity (Wildman–Crippen MR) is 141 cm³/mol. The van der Waals surface area contributed by atoms with Crippen LogP contribution in [0.25, 0.3) is 0 Å². The molecule has 8 nitrogen and oxygen atoms in total. The van der Waals surface area contributed by atoms with Gasteiger partial charge in [0.25, 0.3) is 5.91 Å². The lowest BCUT2D eigenvalue weighted by atomic mass is 9.99. The van der Waals surface area contributed by atoms with E-state index >= 15 is 0 Å². The molecule has 0 aliphatic rings. The summed E-state index contributed by atoms with van der Waals surface area (Å²) in [6.07, 6.45) is -0.625. The van der Waals surface area contributed by atoms with Crippen LogP contribution in [0.5, 0.6) is 0 Å². The molecule has 3 rings (SSSR count). The van der Waals surface area contributed by atoms with Crippen LogP contribution in [0.2, 0.25) is 0 Å². The van der Waals surface area contributed by atoms with Gasteiger partial charge in [-0.3, -0.25) is 9.59 Å². The van der Waals surface area contributed by atoms with Gasteiger partial charge in [0.15, 0.2) is 6.10 Å². The van der Waals surface area contributed by atoms with E-state index in [4.69, 9.17) is 4.74 Å². The summed E-state index contributed by atoms with van der Waals surface area (Å²) in [5.74, 6) is -8.33. The van der Waals surface area contributed by atoms with E-state index in [-0.39, 0.29) is 37.4 Å². The van der Waals surface area contributed by atoms with Gasteiger partial charge in [-0.25, -0.2) is 0 Å². The van der Waals surface area contributed by atoms with Crippen LogP contribution < -0.4 is 5.32 Å². The van der Waals surface area contributed by atoms with Crippen LogP contribution in [0.4, 0.5) is 5.69 Å². The number of hydrogen-bond donors (Lipinski definition) is 5. The molecular weight excluding hydrogens is 498 g/mol. The lowest BCUT2D eigenvalue weighted by Crippen LogP contribution is -2.61. The number of esters is 1. The van der Waals surface area contributed by atoms with Crippen molar-refractivity contribution < 1.29 is 34.8 Å². The second-order valence-corrected chi connectivity index (χ2v) is 8.54. The van der Waals surface area contributed by atoms with E-state index in [1.165, 1.54) is 6.07 Å². The molecule has 0 aliphatic heterocycles. The fourth-order valence-electron chi connectivity index (χ4n) is 3.79. The van der Waals surface area contributed by atoms with Gasteiger partial charge in [0.1, 0.15) is 0 Å². The molecule has 0 saturated carbocycles. The number of anilines is 1. The fourth-order valence-corrected chi connectivity index (χ4v) is 3.79. The molecule has 3 aromatic rings. The summed E-state index contributed by atoms with van der Waals surface area (Å²) < 4.78 is 5.82. The standard InChI is InChI=1S/C28H31NO7.ClH/c1-2-19-27(32,33)28(34,35)26(31)29-23-16-10-9-11-20(23)17-18-24(30)36-25(21-12-5-3-6-13-21)22-14-7-4-8-15-22;/h3-16,25,32-35H,2,17-19H2,1H3,(H,29,31);1H. The number of para-hydroxylation sites is 1. The van der Waals surface area contributed by atoms with Gasteiger partial charge in [-0.1, -0.05) is 92.2 Å². The zero-order valence-corrected chi connectivity index (χ0v) is 21.2. The third-order valence-corrected chi connectivity index (χ3v) is 5.79. The van der Waals surface area contributed by atoms with E-state index in [1.54, 1.807) is 25.1 Å². The summed E-state index contributed by atoms with van der Waals surface area (Å²) in [6, 6.07) is 25.3. The molecule has 0 aromatic heterocycles. The molecule has 198 valence electrons. The van der Waals surface area contributed by atoms with Crippen LogP contribution >= 0.6 is 12.4 Å². The van der Waals surface area contributed by atoms with Crippen molar-refractivity contribution in [2.45, 2.75) is 50.3 Å². The summed E-state index contributed by atoms with van der Waals surface area (Å²) >= 11 is 0. The van der Waals surface area contributed by atoms with Gasteiger partial charge in [-0.15, -0.1) is 12.4 Å². The van der Waals surface area contributed by atoms with Crippen molar-refractivity contribution in [3.05, 3.63) is 102 Å². The van der Waals surface area contributed by atoms with Gasteiger partial charge in [-0.2, -0.15) is 0 Å².